The first-order valence-corrected chi connectivity index (χ1v) is 7.59. The van der Waals surface area contributed by atoms with Gasteiger partial charge in [0.1, 0.15) is 17.8 Å². The summed E-state index contributed by atoms with van der Waals surface area (Å²) in [6.07, 6.45) is 3.59. The van der Waals surface area contributed by atoms with Gasteiger partial charge >= 0.3 is 0 Å². The van der Waals surface area contributed by atoms with Gasteiger partial charge in [0.15, 0.2) is 0 Å². The number of nitrogens with one attached hydrogen (secondary N) is 1. The minimum atomic E-state index is -0.0103. The Morgan fingerprint density at radius 2 is 1.91 bits per heavy atom. The molecule has 0 spiro atoms. The van der Waals surface area contributed by atoms with E-state index in [1.807, 2.05) is 18.7 Å². The normalized spacial score (nSPS) is 14.2. The summed E-state index contributed by atoms with van der Waals surface area (Å²) in [6, 6.07) is 7.93. The van der Waals surface area contributed by atoms with Gasteiger partial charge in [-0.15, -0.1) is 0 Å². The van der Waals surface area contributed by atoms with Crippen molar-refractivity contribution in [1.29, 1.82) is 0 Å². The fourth-order valence-electron chi connectivity index (χ4n) is 2.63. The monoisotopic (exact) mass is 296 g/mol. The Bertz CT molecular complexity index is 693. The van der Waals surface area contributed by atoms with E-state index in [1.54, 1.807) is 6.07 Å². The molecule has 0 bridgehead atoms. The average molecular weight is 296 g/mol. The van der Waals surface area contributed by atoms with Gasteiger partial charge < -0.3 is 10.2 Å². The van der Waals surface area contributed by atoms with E-state index in [4.69, 9.17) is 0 Å². The Labute approximate surface area is 130 Å². The van der Waals surface area contributed by atoms with Crippen molar-refractivity contribution in [3.05, 3.63) is 47.4 Å². The van der Waals surface area contributed by atoms with E-state index in [9.17, 15) is 4.79 Å². The summed E-state index contributed by atoms with van der Waals surface area (Å²) in [7, 11) is 0. The number of benzene rings is 1. The summed E-state index contributed by atoms with van der Waals surface area (Å²) in [4.78, 5) is 22.6. The third-order valence-electron chi connectivity index (χ3n) is 3.94. The zero-order valence-corrected chi connectivity index (χ0v) is 13.0. The van der Waals surface area contributed by atoms with E-state index in [1.165, 1.54) is 11.9 Å². The lowest BCUT2D eigenvalue weighted by Crippen LogP contribution is -2.28. The number of anilines is 2. The highest BCUT2D eigenvalue weighted by Crippen LogP contribution is 2.21. The van der Waals surface area contributed by atoms with Crippen LogP contribution in [0.3, 0.4) is 0 Å². The molecule has 0 radical (unpaired) electrons. The number of rotatable bonds is 3. The van der Waals surface area contributed by atoms with E-state index in [0.717, 1.165) is 37.2 Å². The highest BCUT2D eigenvalue weighted by atomic mass is 16.2. The molecule has 3 rings (SSSR count). The number of hydrogen-bond donors (Lipinski definition) is 1. The summed E-state index contributed by atoms with van der Waals surface area (Å²) < 4.78 is 0. The van der Waals surface area contributed by atoms with Crippen LogP contribution in [-0.2, 0) is 0 Å². The second-order valence-electron chi connectivity index (χ2n) is 5.73. The maximum absolute atomic E-state index is 12.4. The molecule has 1 N–H and O–H groups in total. The van der Waals surface area contributed by atoms with Gasteiger partial charge in [-0.25, -0.2) is 9.97 Å². The second kappa shape index (κ2) is 6.13. The van der Waals surface area contributed by atoms with Crippen LogP contribution >= 0.6 is 0 Å². The first kappa shape index (κ1) is 14.5. The molecular formula is C17H20N4O. The highest BCUT2D eigenvalue weighted by Gasteiger charge is 2.20. The van der Waals surface area contributed by atoms with Gasteiger partial charge in [-0.3, -0.25) is 4.79 Å². The molecule has 0 unspecified atom stereocenters. The van der Waals surface area contributed by atoms with Gasteiger partial charge in [0.25, 0.3) is 5.91 Å². The molecule has 22 heavy (non-hydrogen) atoms. The highest BCUT2D eigenvalue weighted by molar-refractivity contribution is 5.93. The van der Waals surface area contributed by atoms with Gasteiger partial charge in [-0.1, -0.05) is 12.1 Å². The van der Waals surface area contributed by atoms with Crippen molar-refractivity contribution in [2.45, 2.75) is 26.7 Å². The number of aromatic nitrogens is 2. The lowest BCUT2D eigenvalue weighted by atomic mass is 10.1. The zero-order valence-electron chi connectivity index (χ0n) is 13.0. The molecule has 1 aromatic heterocycles. The number of nitrogens with zero attached hydrogens (tertiary/aromatic N) is 3. The van der Waals surface area contributed by atoms with Gasteiger partial charge in [0.2, 0.25) is 0 Å². The molecule has 0 aliphatic carbocycles. The van der Waals surface area contributed by atoms with E-state index in [0.29, 0.717) is 11.5 Å². The van der Waals surface area contributed by atoms with Crippen LogP contribution in [0.1, 0.15) is 34.5 Å². The number of carbonyl (C=O) groups is 1. The molecule has 1 amide bonds. The molecule has 0 atom stereocenters. The van der Waals surface area contributed by atoms with Gasteiger partial charge in [-0.2, -0.15) is 0 Å². The predicted octanol–water partition coefficient (Wildman–Crippen LogP) is 3.07. The number of likely N-dealkylation sites (tertiary alicyclic amines) is 1. The van der Waals surface area contributed by atoms with Crippen molar-refractivity contribution in [3.8, 4) is 0 Å². The van der Waals surface area contributed by atoms with Crippen molar-refractivity contribution in [3.63, 3.8) is 0 Å². The maximum atomic E-state index is 12.4. The molecule has 1 saturated heterocycles. The number of carbonyl (C=O) groups excluding carboxylic acids is 1. The van der Waals surface area contributed by atoms with Crippen LogP contribution in [0.5, 0.6) is 0 Å². The minimum Gasteiger partial charge on any atom is -0.340 e. The van der Waals surface area contributed by atoms with Crippen LogP contribution in [-0.4, -0.2) is 33.9 Å². The van der Waals surface area contributed by atoms with E-state index in [-0.39, 0.29) is 5.91 Å². The summed E-state index contributed by atoms with van der Waals surface area (Å²) in [5, 5.41) is 3.28. The predicted molar refractivity (Wildman–Crippen MR) is 86.4 cm³/mol. The molecule has 2 heterocycles. The van der Waals surface area contributed by atoms with Crippen LogP contribution in [0.2, 0.25) is 0 Å². The van der Waals surface area contributed by atoms with Crippen molar-refractivity contribution < 1.29 is 4.79 Å². The number of hydrogen-bond acceptors (Lipinski definition) is 4. The largest absolute Gasteiger partial charge is 0.340 e. The van der Waals surface area contributed by atoms with Crippen molar-refractivity contribution in [2.24, 2.45) is 0 Å². The first-order valence-electron chi connectivity index (χ1n) is 7.59. The van der Waals surface area contributed by atoms with E-state index in [2.05, 4.69) is 33.5 Å². The summed E-state index contributed by atoms with van der Waals surface area (Å²) in [6.45, 7) is 5.73. The van der Waals surface area contributed by atoms with Gasteiger partial charge in [0.05, 0.1) is 0 Å². The Balaban J connectivity index is 1.81. The lowest BCUT2D eigenvalue weighted by Gasteiger charge is -2.15. The molecule has 0 saturated carbocycles. The second-order valence-corrected chi connectivity index (χ2v) is 5.73. The van der Waals surface area contributed by atoms with Gasteiger partial charge in [-0.05, 0) is 43.9 Å². The molecule has 5 heteroatoms. The maximum Gasteiger partial charge on any atom is 0.272 e. The topological polar surface area (TPSA) is 58.1 Å². The Hall–Kier alpha value is -2.43. The van der Waals surface area contributed by atoms with E-state index >= 15 is 0 Å². The molecule has 5 nitrogen and oxygen atoms in total. The van der Waals surface area contributed by atoms with Crippen molar-refractivity contribution in [1.82, 2.24) is 14.9 Å². The van der Waals surface area contributed by atoms with E-state index < -0.39 is 0 Å². The summed E-state index contributed by atoms with van der Waals surface area (Å²) in [5.41, 5.74) is 3.76. The third kappa shape index (κ3) is 3.08. The quantitative estimate of drug-likeness (QED) is 0.945. The number of amides is 1. The summed E-state index contributed by atoms with van der Waals surface area (Å²) in [5.74, 6) is 0.634. The van der Waals surface area contributed by atoms with Crippen molar-refractivity contribution >= 4 is 17.4 Å². The molecule has 114 valence electrons. The van der Waals surface area contributed by atoms with Crippen LogP contribution < -0.4 is 5.32 Å². The number of aryl methyl sites for hydroxylation is 2. The van der Waals surface area contributed by atoms with Gasteiger partial charge in [0, 0.05) is 24.8 Å². The molecule has 1 fully saturated rings. The van der Waals surface area contributed by atoms with Crippen molar-refractivity contribution in [2.75, 3.05) is 18.4 Å². The Kier molecular flexibility index (Phi) is 4.04. The van der Waals surface area contributed by atoms with Crippen LogP contribution in [0, 0.1) is 13.8 Å². The van der Waals surface area contributed by atoms with Crippen LogP contribution in [0.4, 0.5) is 11.5 Å². The minimum absolute atomic E-state index is 0.0103. The Morgan fingerprint density at radius 3 is 2.68 bits per heavy atom. The molecular weight excluding hydrogens is 276 g/mol. The molecule has 1 aromatic carbocycles. The smallest absolute Gasteiger partial charge is 0.272 e. The SMILES string of the molecule is Cc1ccc(C)c(Nc2cc(C(=O)N3CCCC3)ncn2)c1. The summed E-state index contributed by atoms with van der Waals surface area (Å²) >= 11 is 0. The lowest BCUT2D eigenvalue weighted by molar-refractivity contribution is 0.0787. The fraction of sp³-hybridized carbons (Fsp3) is 0.353. The van der Waals surface area contributed by atoms with Crippen LogP contribution in [0.25, 0.3) is 0 Å². The molecule has 2 aromatic rings. The fourth-order valence-corrected chi connectivity index (χ4v) is 2.63. The third-order valence-corrected chi connectivity index (χ3v) is 3.94. The molecule has 1 aliphatic heterocycles. The van der Waals surface area contributed by atoms with Crippen LogP contribution in [0.15, 0.2) is 30.6 Å². The zero-order chi connectivity index (χ0) is 15.5. The molecule has 1 aliphatic rings. The standard InChI is InChI=1S/C17H20N4O/c1-12-5-6-13(2)14(9-12)20-16-10-15(18-11-19-16)17(22)21-7-3-4-8-21/h5-6,9-11H,3-4,7-8H2,1-2H3,(H,18,19,20). The average Bonchev–Trinajstić information content (AvgIpc) is 3.05. The Morgan fingerprint density at radius 1 is 1.14 bits per heavy atom. The first-order chi connectivity index (χ1) is 10.6.